The molecule has 2 aromatic heterocycles. The number of aryl methyl sites for hydroxylation is 1. The molecule has 5 rings (SSSR count). The van der Waals surface area contributed by atoms with Gasteiger partial charge in [0.25, 0.3) is 11.5 Å². The Balaban J connectivity index is 1.50. The number of hydrogen-bond acceptors (Lipinski definition) is 4. The monoisotopic (exact) mass is 474 g/mol. The smallest absolute Gasteiger partial charge is 0.278 e. The first-order chi connectivity index (χ1) is 17.6. The molecule has 0 unspecified atom stereocenters. The van der Waals surface area contributed by atoms with E-state index in [1.165, 1.54) is 5.56 Å². The van der Waals surface area contributed by atoms with Crippen molar-refractivity contribution in [2.75, 3.05) is 5.32 Å². The number of pyridine rings is 1. The average Bonchev–Trinajstić information content (AvgIpc) is 2.90. The highest BCUT2D eigenvalue weighted by atomic mass is 16.1. The molecular weight excluding hydrogens is 448 g/mol. The van der Waals surface area contributed by atoms with Gasteiger partial charge in [-0.3, -0.25) is 14.2 Å². The van der Waals surface area contributed by atoms with Crippen LogP contribution in [0.1, 0.15) is 40.5 Å². The number of aromatic nitrogens is 3. The number of rotatable bonds is 7. The first-order valence-corrected chi connectivity index (χ1v) is 12.0. The highest BCUT2D eigenvalue weighted by Crippen LogP contribution is 2.19. The summed E-state index contributed by atoms with van der Waals surface area (Å²) in [7, 11) is 0. The van der Waals surface area contributed by atoms with Gasteiger partial charge in [-0.25, -0.2) is 9.97 Å². The molecule has 3 aromatic carbocycles. The minimum atomic E-state index is -0.236. The second-order valence-corrected chi connectivity index (χ2v) is 8.66. The molecule has 2 heterocycles. The molecule has 36 heavy (non-hydrogen) atoms. The molecule has 178 valence electrons. The van der Waals surface area contributed by atoms with Crippen molar-refractivity contribution in [3.63, 3.8) is 0 Å². The summed E-state index contributed by atoms with van der Waals surface area (Å²) in [6, 6.07) is 28.3. The Bertz CT molecular complexity index is 1580. The van der Waals surface area contributed by atoms with Gasteiger partial charge in [0.2, 0.25) is 0 Å². The van der Waals surface area contributed by atoms with Crippen molar-refractivity contribution in [3.8, 4) is 5.69 Å². The van der Waals surface area contributed by atoms with Gasteiger partial charge in [-0.15, -0.1) is 0 Å². The van der Waals surface area contributed by atoms with Gasteiger partial charge in [0, 0.05) is 23.9 Å². The summed E-state index contributed by atoms with van der Waals surface area (Å²) in [5, 5.41) is 2.95. The van der Waals surface area contributed by atoms with Gasteiger partial charge in [-0.1, -0.05) is 61.9 Å². The van der Waals surface area contributed by atoms with Crippen LogP contribution in [0.5, 0.6) is 0 Å². The average molecular weight is 475 g/mol. The molecule has 0 radical (unpaired) electrons. The van der Waals surface area contributed by atoms with Crippen LogP contribution in [0.15, 0.2) is 102 Å². The zero-order valence-electron chi connectivity index (χ0n) is 20.0. The van der Waals surface area contributed by atoms with E-state index in [2.05, 4.69) is 22.2 Å². The Morgan fingerprint density at radius 2 is 1.69 bits per heavy atom. The van der Waals surface area contributed by atoms with Crippen molar-refractivity contribution in [2.45, 2.75) is 26.2 Å². The van der Waals surface area contributed by atoms with Gasteiger partial charge < -0.3 is 5.32 Å². The number of amides is 1. The van der Waals surface area contributed by atoms with Crippen molar-refractivity contribution in [1.29, 1.82) is 0 Å². The molecule has 0 saturated heterocycles. The van der Waals surface area contributed by atoms with E-state index in [0.717, 1.165) is 18.4 Å². The Morgan fingerprint density at radius 1 is 0.889 bits per heavy atom. The fraction of sp³-hybridized carbons (Fsp3) is 0.133. The fourth-order valence-corrected chi connectivity index (χ4v) is 4.25. The standard InChI is InChI=1S/C30H26N4O2/c1-2-8-21-14-16-23(17-15-21)29(35)32-24-11-6-12-25(20-24)34-28-26(13-7-18-31-28)33-27(30(34)36)19-22-9-4-3-5-10-22/h3-7,9-18,20H,2,8,19H2,1H3,(H,32,35). The Hall–Kier alpha value is -4.58. The second-order valence-electron chi connectivity index (χ2n) is 8.66. The van der Waals surface area contributed by atoms with Crippen molar-refractivity contribution in [2.24, 2.45) is 0 Å². The van der Waals surface area contributed by atoms with E-state index < -0.39 is 0 Å². The topological polar surface area (TPSA) is 76.9 Å². The predicted octanol–water partition coefficient (Wildman–Crippen LogP) is 5.58. The van der Waals surface area contributed by atoms with E-state index in [0.29, 0.717) is 40.2 Å². The zero-order chi connectivity index (χ0) is 24.9. The lowest BCUT2D eigenvalue weighted by Gasteiger charge is -2.13. The van der Waals surface area contributed by atoms with Crippen molar-refractivity contribution in [1.82, 2.24) is 14.5 Å². The molecule has 0 fully saturated rings. The summed E-state index contributed by atoms with van der Waals surface area (Å²) in [6.07, 6.45) is 4.10. The molecule has 6 nitrogen and oxygen atoms in total. The summed E-state index contributed by atoms with van der Waals surface area (Å²) >= 11 is 0. The zero-order valence-corrected chi connectivity index (χ0v) is 20.0. The summed E-state index contributed by atoms with van der Waals surface area (Å²) < 4.78 is 1.57. The number of benzene rings is 3. The van der Waals surface area contributed by atoms with Crippen LogP contribution in [-0.2, 0) is 12.8 Å². The lowest BCUT2D eigenvalue weighted by molar-refractivity contribution is 0.102. The Morgan fingerprint density at radius 3 is 2.47 bits per heavy atom. The normalized spacial score (nSPS) is 10.9. The van der Waals surface area contributed by atoms with E-state index in [4.69, 9.17) is 0 Å². The second kappa shape index (κ2) is 10.4. The molecule has 6 heteroatoms. The molecule has 1 N–H and O–H groups in total. The van der Waals surface area contributed by atoms with Crippen LogP contribution in [0.25, 0.3) is 16.9 Å². The molecule has 0 saturated carbocycles. The lowest BCUT2D eigenvalue weighted by atomic mass is 10.1. The summed E-state index contributed by atoms with van der Waals surface area (Å²) in [5.41, 5.74) is 5.28. The van der Waals surface area contributed by atoms with Gasteiger partial charge in [0.15, 0.2) is 5.65 Å². The van der Waals surface area contributed by atoms with E-state index in [-0.39, 0.29) is 11.5 Å². The highest BCUT2D eigenvalue weighted by molar-refractivity contribution is 6.04. The van der Waals surface area contributed by atoms with Gasteiger partial charge in [0.05, 0.1) is 5.69 Å². The molecule has 1 amide bonds. The van der Waals surface area contributed by atoms with E-state index in [1.807, 2.05) is 72.8 Å². The van der Waals surface area contributed by atoms with Crippen molar-refractivity contribution < 1.29 is 4.79 Å². The van der Waals surface area contributed by atoms with Gasteiger partial charge >= 0.3 is 0 Å². The SMILES string of the molecule is CCCc1ccc(C(=O)Nc2cccc(-n3c(=O)c(Cc4ccccc4)nc4cccnc43)c2)cc1. The first-order valence-electron chi connectivity index (χ1n) is 12.0. The summed E-state index contributed by atoms with van der Waals surface area (Å²) in [6.45, 7) is 2.13. The van der Waals surface area contributed by atoms with E-state index >= 15 is 0 Å². The van der Waals surface area contributed by atoms with Gasteiger partial charge in [0.1, 0.15) is 11.2 Å². The predicted molar refractivity (Wildman–Crippen MR) is 143 cm³/mol. The molecule has 0 bridgehead atoms. The van der Waals surface area contributed by atoms with Crippen LogP contribution < -0.4 is 10.9 Å². The first kappa shape index (κ1) is 23.2. The fourth-order valence-electron chi connectivity index (χ4n) is 4.25. The minimum absolute atomic E-state index is 0.204. The van der Waals surface area contributed by atoms with Crippen LogP contribution in [0.3, 0.4) is 0 Å². The third kappa shape index (κ3) is 4.93. The third-order valence-electron chi connectivity index (χ3n) is 6.01. The van der Waals surface area contributed by atoms with Crippen LogP contribution >= 0.6 is 0 Å². The molecule has 0 aliphatic carbocycles. The molecule has 5 aromatic rings. The summed E-state index contributed by atoms with van der Waals surface area (Å²) in [5.74, 6) is -0.204. The Kier molecular flexibility index (Phi) is 6.67. The number of carbonyl (C=O) groups is 1. The van der Waals surface area contributed by atoms with E-state index in [9.17, 15) is 9.59 Å². The van der Waals surface area contributed by atoms with Crippen LogP contribution in [0.4, 0.5) is 5.69 Å². The van der Waals surface area contributed by atoms with E-state index in [1.54, 1.807) is 29.0 Å². The number of anilines is 1. The number of nitrogens with zero attached hydrogens (tertiary/aromatic N) is 3. The van der Waals surface area contributed by atoms with Crippen LogP contribution in [0.2, 0.25) is 0 Å². The maximum absolute atomic E-state index is 13.6. The highest BCUT2D eigenvalue weighted by Gasteiger charge is 2.15. The van der Waals surface area contributed by atoms with Gasteiger partial charge in [-0.05, 0) is 60.0 Å². The van der Waals surface area contributed by atoms with Crippen LogP contribution in [0, 0.1) is 0 Å². The molecule has 0 atom stereocenters. The largest absolute Gasteiger partial charge is 0.322 e. The van der Waals surface area contributed by atoms with Crippen molar-refractivity contribution >= 4 is 22.8 Å². The number of fused-ring (bicyclic) bond motifs is 1. The minimum Gasteiger partial charge on any atom is -0.322 e. The quantitative estimate of drug-likeness (QED) is 0.334. The number of hydrogen-bond donors (Lipinski definition) is 1. The maximum Gasteiger partial charge on any atom is 0.278 e. The molecular formula is C30H26N4O2. The molecule has 0 aliphatic heterocycles. The number of nitrogens with one attached hydrogen (secondary N) is 1. The molecule has 0 aliphatic rings. The maximum atomic E-state index is 13.6. The molecule has 0 spiro atoms. The van der Waals surface area contributed by atoms with Gasteiger partial charge in [-0.2, -0.15) is 0 Å². The summed E-state index contributed by atoms with van der Waals surface area (Å²) in [4.78, 5) is 35.5. The lowest BCUT2D eigenvalue weighted by Crippen LogP contribution is -2.25. The Labute approximate surface area is 209 Å². The third-order valence-corrected chi connectivity index (χ3v) is 6.01. The van der Waals surface area contributed by atoms with Crippen LogP contribution in [-0.4, -0.2) is 20.4 Å². The van der Waals surface area contributed by atoms with Crippen molar-refractivity contribution in [3.05, 3.63) is 130 Å². The number of carbonyl (C=O) groups excluding carboxylic acids is 1.